The Morgan fingerprint density at radius 1 is 1.23 bits per heavy atom. The average molecular weight is 471 g/mol. The van der Waals surface area contributed by atoms with E-state index in [1.165, 1.54) is 11.1 Å². The molecule has 3 aromatic rings. The molecular formula is C28H30N4O3. The van der Waals surface area contributed by atoms with Gasteiger partial charge >= 0.3 is 5.97 Å². The van der Waals surface area contributed by atoms with E-state index < -0.39 is 0 Å². The number of carbonyl (C=O) groups is 1. The number of benzene rings is 2. The van der Waals surface area contributed by atoms with Crippen LogP contribution in [0.25, 0.3) is 11.4 Å². The van der Waals surface area contributed by atoms with Gasteiger partial charge in [0, 0.05) is 48.9 Å². The normalized spacial score (nSPS) is 14.2. The standard InChI is InChI=1S/C26H24N4O3.C2H6/c1-16-17(5-6-21-22(16)15-33-26(21)31)7-9-30-10-8-23-20(14-30)13-28-25(29-23)18-3-4-19(12-27)24(11-18)32-2;1-2/h3-6,11,13H,7-10,14-15H2,1-2H3;1-2H3. The number of nitrogens with zero attached hydrogens (tertiary/aromatic N) is 4. The van der Waals surface area contributed by atoms with Gasteiger partial charge in [0.15, 0.2) is 5.82 Å². The van der Waals surface area contributed by atoms with Gasteiger partial charge in [0.25, 0.3) is 0 Å². The summed E-state index contributed by atoms with van der Waals surface area (Å²) in [5.74, 6) is 0.960. The van der Waals surface area contributed by atoms with E-state index in [-0.39, 0.29) is 5.97 Å². The quantitative estimate of drug-likeness (QED) is 0.502. The van der Waals surface area contributed by atoms with Crippen molar-refractivity contribution < 1.29 is 14.3 Å². The van der Waals surface area contributed by atoms with E-state index in [9.17, 15) is 10.1 Å². The Morgan fingerprint density at radius 3 is 2.83 bits per heavy atom. The van der Waals surface area contributed by atoms with Gasteiger partial charge < -0.3 is 9.47 Å². The Bertz CT molecular complexity index is 1300. The number of methoxy groups -OCH3 is 1. The largest absolute Gasteiger partial charge is 0.495 e. The number of ether oxygens (including phenoxy) is 2. The Kier molecular flexibility index (Phi) is 7.42. The minimum absolute atomic E-state index is 0.217. The molecule has 180 valence electrons. The number of esters is 1. The molecule has 0 radical (unpaired) electrons. The van der Waals surface area contributed by atoms with Crippen LogP contribution in [0.15, 0.2) is 36.5 Å². The van der Waals surface area contributed by atoms with Gasteiger partial charge in [0.05, 0.1) is 23.9 Å². The number of aromatic nitrogens is 2. The van der Waals surface area contributed by atoms with Gasteiger partial charge in [-0.05, 0) is 48.7 Å². The van der Waals surface area contributed by atoms with Crippen molar-refractivity contribution in [1.82, 2.24) is 14.9 Å². The first-order valence-electron chi connectivity index (χ1n) is 12.0. The molecule has 1 aromatic heterocycles. The fourth-order valence-corrected chi connectivity index (χ4v) is 4.57. The predicted molar refractivity (Wildman–Crippen MR) is 133 cm³/mol. The summed E-state index contributed by atoms with van der Waals surface area (Å²) in [6.45, 7) is 9.15. The molecular weight excluding hydrogens is 440 g/mol. The maximum absolute atomic E-state index is 11.8. The van der Waals surface area contributed by atoms with Crippen LogP contribution in [0.5, 0.6) is 5.75 Å². The molecule has 0 fully saturated rings. The van der Waals surface area contributed by atoms with Crippen LogP contribution in [0.3, 0.4) is 0 Å². The third-order valence-electron chi connectivity index (χ3n) is 6.57. The molecule has 0 saturated carbocycles. The first-order valence-corrected chi connectivity index (χ1v) is 12.0. The molecule has 2 aliphatic rings. The van der Waals surface area contributed by atoms with Gasteiger partial charge in [-0.2, -0.15) is 5.26 Å². The molecule has 3 heterocycles. The van der Waals surface area contributed by atoms with Crippen molar-refractivity contribution in [2.45, 2.75) is 46.8 Å². The second-order valence-corrected chi connectivity index (χ2v) is 8.42. The van der Waals surface area contributed by atoms with Crippen LogP contribution in [-0.2, 0) is 30.7 Å². The summed E-state index contributed by atoms with van der Waals surface area (Å²) in [5, 5.41) is 9.19. The van der Waals surface area contributed by atoms with Gasteiger partial charge in [0.1, 0.15) is 18.4 Å². The first-order chi connectivity index (χ1) is 17.1. The summed E-state index contributed by atoms with van der Waals surface area (Å²) < 4.78 is 10.5. The van der Waals surface area contributed by atoms with Crippen LogP contribution in [0.4, 0.5) is 0 Å². The lowest BCUT2D eigenvalue weighted by Crippen LogP contribution is -2.33. The number of hydrogen-bond donors (Lipinski definition) is 0. The number of carbonyl (C=O) groups excluding carboxylic acids is 1. The van der Waals surface area contributed by atoms with E-state index in [0.29, 0.717) is 29.3 Å². The molecule has 0 spiro atoms. The van der Waals surface area contributed by atoms with E-state index >= 15 is 0 Å². The van der Waals surface area contributed by atoms with Crippen molar-refractivity contribution in [3.05, 3.63) is 75.6 Å². The summed E-state index contributed by atoms with van der Waals surface area (Å²) in [6.07, 6.45) is 3.70. The summed E-state index contributed by atoms with van der Waals surface area (Å²) in [7, 11) is 1.56. The van der Waals surface area contributed by atoms with E-state index in [0.717, 1.165) is 54.9 Å². The zero-order valence-electron chi connectivity index (χ0n) is 20.7. The van der Waals surface area contributed by atoms with Crippen LogP contribution in [0, 0.1) is 18.3 Å². The molecule has 2 aliphatic heterocycles. The highest BCUT2D eigenvalue weighted by Gasteiger charge is 2.24. The van der Waals surface area contributed by atoms with E-state index in [4.69, 9.17) is 14.5 Å². The molecule has 0 aliphatic carbocycles. The van der Waals surface area contributed by atoms with Crippen molar-refractivity contribution in [2.24, 2.45) is 0 Å². The molecule has 35 heavy (non-hydrogen) atoms. The number of rotatable bonds is 5. The second-order valence-electron chi connectivity index (χ2n) is 8.42. The molecule has 0 unspecified atom stereocenters. The molecule has 0 N–H and O–H groups in total. The number of fused-ring (bicyclic) bond motifs is 2. The van der Waals surface area contributed by atoms with Gasteiger partial charge in [-0.15, -0.1) is 0 Å². The van der Waals surface area contributed by atoms with Crippen molar-refractivity contribution in [3.8, 4) is 23.2 Å². The Morgan fingerprint density at radius 2 is 2.06 bits per heavy atom. The highest BCUT2D eigenvalue weighted by atomic mass is 16.5. The van der Waals surface area contributed by atoms with Crippen LogP contribution in [0.2, 0.25) is 0 Å². The minimum atomic E-state index is -0.217. The van der Waals surface area contributed by atoms with Crippen molar-refractivity contribution in [2.75, 3.05) is 20.2 Å². The molecule has 0 atom stereocenters. The van der Waals surface area contributed by atoms with Crippen LogP contribution < -0.4 is 4.74 Å². The summed E-state index contributed by atoms with van der Waals surface area (Å²) in [6, 6.07) is 11.5. The Hall–Kier alpha value is -3.76. The molecule has 0 saturated heterocycles. The number of cyclic esters (lactones) is 1. The van der Waals surface area contributed by atoms with E-state index in [2.05, 4.69) is 28.9 Å². The van der Waals surface area contributed by atoms with Crippen molar-refractivity contribution in [1.29, 1.82) is 5.26 Å². The molecule has 7 nitrogen and oxygen atoms in total. The molecule has 5 rings (SSSR count). The Balaban J connectivity index is 0.00000141. The zero-order chi connectivity index (χ0) is 24.9. The third-order valence-corrected chi connectivity index (χ3v) is 6.57. The summed E-state index contributed by atoms with van der Waals surface area (Å²) in [4.78, 5) is 23.6. The lowest BCUT2D eigenvalue weighted by Gasteiger charge is -2.28. The number of hydrogen-bond acceptors (Lipinski definition) is 7. The second kappa shape index (κ2) is 10.7. The highest BCUT2D eigenvalue weighted by Crippen LogP contribution is 2.28. The fourth-order valence-electron chi connectivity index (χ4n) is 4.57. The van der Waals surface area contributed by atoms with Gasteiger partial charge in [-0.3, -0.25) is 4.90 Å². The van der Waals surface area contributed by atoms with E-state index in [1.807, 2.05) is 38.2 Å². The SMILES string of the molecule is CC.COc1cc(-c2ncc3c(n2)CCN(CCc2ccc4c(c2C)COC4=O)C3)ccc1C#N. The first kappa shape index (κ1) is 24.4. The lowest BCUT2D eigenvalue weighted by molar-refractivity contribution is 0.0535. The molecule has 0 bridgehead atoms. The van der Waals surface area contributed by atoms with Crippen LogP contribution in [-0.4, -0.2) is 41.0 Å². The topological polar surface area (TPSA) is 88.3 Å². The number of nitriles is 1. The maximum Gasteiger partial charge on any atom is 0.338 e. The van der Waals surface area contributed by atoms with Crippen molar-refractivity contribution in [3.63, 3.8) is 0 Å². The molecule has 7 heteroatoms. The smallest absolute Gasteiger partial charge is 0.338 e. The molecule has 0 amide bonds. The molecule has 2 aromatic carbocycles. The van der Waals surface area contributed by atoms with Gasteiger partial charge in [0.2, 0.25) is 0 Å². The summed E-state index contributed by atoms with van der Waals surface area (Å²) in [5.41, 5.74) is 7.72. The zero-order valence-corrected chi connectivity index (χ0v) is 20.7. The lowest BCUT2D eigenvalue weighted by atomic mass is 9.96. The average Bonchev–Trinajstić information content (AvgIpc) is 3.29. The van der Waals surface area contributed by atoms with Gasteiger partial charge in [-0.1, -0.05) is 19.9 Å². The summed E-state index contributed by atoms with van der Waals surface area (Å²) >= 11 is 0. The predicted octanol–water partition coefficient (Wildman–Crippen LogP) is 4.63. The van der Waals surface area contributed by atoms with Crippen molar-refractivity contribution >= 4 is 5.97 Å². The fraction of sp³-hybridized carbons (Fsp3) is 0.357. The van der Waals surface area contributed by atoms with Crippen LogP contribution >= 0.6 is 0 Å². The maximum atomic E-state index is 11.8. The highest BCUT2D eigenvalue weighted by molar-refractivity contribution is 5.93. The minimum Gasteiger partial charge on any atom is -0.495 e. The van der Waals surface area contributed by atoms with Gasteiger partial charge in [-0.25, -0.2) is 14.8 Å². The third kappa shape index (κ3) is 4.89. The van der Waals surface area contributed by atoms with Crippen LogP contribution in [0.1, 0.15) is 57.7 Å². The Labute approximate surface area is 206 Å². The monoisotopic (exact) mass is 470 g/mol. The van der Waals surface area contributed by atoms with E-state index in [1.54, 1.807) is 13.2 Å².